The van der Waals surface area contributed by atoms with E-state index in [4.69, 9.17) is 4.74 Å². The maximum atomic E-state index is 12.3. The molecule has 23 heavy (non-hydrogen) atoms. The molecule has 2 rings (SSSR count). The molecule has 6 nitrogen and oxygen atoms in total. The van der Waals surface area contributed by atoms with E-state index in [2.05, 4.69) is 5.32 Å². The molecule has 0 aliphatic heterocycles. The van der Waals surface area contributed by atoms with Gasteiger partial charge in [0, 0.05) is 11.6 Å². The minimum absolute atomic E-state index is 0.0246. The van der Waals surface area contributed by atoms with Crippen LogP contribution in [0.15, 0.2) is 42.5 Å². The molecule has 120 valence electrons. The Labute approximate surface area is 134 Å². The van der Waals surface area contributed by atoms with Crippen LogP contribution in [-0.2, 0) is 0 Å². The molecular formula is C17H18N2O4. The van der Waals surface area contributed by atoms with Crippen LogP contribution in [0.3, 0.4) is 0 Å². The minimum Gasteiger partial charge on any atom is -0.491 e. The lowest BCUT2D eigenvalue weighted by atomic mass is 10.1. The molecule has 0 bridgehead atoms. The van der Waals surface area contributed by atoms with Crippen LogP contribution in [-0.4, -0.2) is 16.9 Å². The fourth-order valence-electron chi connectivity index (χ4n) is 2.11. The van der Waals surface area contributed by atoms with E-state index in [-0.39, 0.29) is 17.7 Å². The van der Waals surface area contributed by atoms with Crippen LogP contribution < -0.4 is 10.1 Å². The van der Waals surface area contributed by atoms with Crippen molar-refractivity contribution in [3.63, 3.8) is 0 Å². The molecule has 0 unspecified atom stereocenters. The van der Waals surface area contributed by atoms with E-state index in [0.717, 1.165) is 0 Å². The molecule has 0 atom stereocenters. The number of hydrogen-bond donors (Lipinski definition) is 1. The zero-order valence-corrected chi connectivity index (χ0v) is 13.2. The molecule has 0 aliphatic rings. The Hall–Kier alpha value is -2.89. The number of nitro groups is 1. The Kier molecular flexibility index (Phi) is 4.95. The normalized spacial score (nSPS) is 10.4. The molecule has 2 aromatic rings. The van der Waals surface area contributed by atoms with E-state index in [1.165, 1.54) is 6.07 Å². The SMILES string of the molecule is Cc1c(NC(=O)c2ccc(OC(C)C)cc2)cccc1[N+](=O)[O-]. The van der Waals surface area contributed by atoms with Gasteiger partial charge in [0.05, 0.1) is 22.3 Å². The first kappa shape index (κ1) is 16.5. The standard InChI is InChI=1S/C17H18N2O4/c1-11(2)23-14-9-7-13(8-10-14)17(20)18-15-5-4-6-16(12(15)3)19(21)22/h4-11H,1-3H3,(H,18,20). The van der Waals surface area contributed by atoms with Crippen LogP contribution in [0.1, 0.15) is 29.8 Å². The zero-order valence-electron chi connectivity index (χ0n) is 13.2. The Morgan fingerprint density at radius 3 is 2.39 bits per heavy atom. The van der Waals surface area contributed by atoms with Crippen molar-refractivity contribution >= 4 is 17.3 Å². The predicted molar refractivity (Wildman–Crippen MR) is 88.0 cm³/mol. The number of hydrogen-bond acceptors (Lipinski definition) is 4. The van der Waals surface area contributed by atoms with Crippen LogP contribution in [0.2, 0.25) is 0 Å². The highest BCUT2D eigenvalue weighted by molar-refractivity contribution is 6.04. The fourth-order valence-corrected chi connectivity index (χ4v) is 2.11. The first-order chi connectivity index (χ1) is 10.9. The van der Waals surface area contributed by atoms with Crippen LogP contribution in [0, 0.1) is 17.0 Å². The number of nitro benzene ring substituents is 1. The van der Waals surface area contributed by atoms with Crippen LogP contribution in [0.4, 0.5) is 11.4 Å². The van der Waals surface area contributed by atoms with Crippen molar-refractivity contribution in [2.75, 3.05) is 5.32 Å². The number of nitrogens with one attached hydrogen (secondary N) is 1. The molecule has 0 aromatic heterocycles. The number of benzene rings is 2. The van der Waals surface area contributed by atoms with E-state index < -0.39 is 4.92 Å². The lowest BCUT2D eigenvalue weighted by molar-refractivity contribution is -0.385. The van der Waals surface area contributed by atoms with Gasteiger partial charge in [0.1, 0.15) is 5.75 Å². The number of rotatable bonds is 5. The summed E-state index contributed by atoms with van der Waals surface area (Å²) in [5.41, 5.74) is 1.27. The summed E-state index contributed by atoms with van der Waals surface area (Å²) in [5.74, 6) is 0.354. The fraction of sp³-hybridized carbons (Fsp3) is 0.235. The number of amides is 1. The molecule has 2 aromatic carbocycles. The lowest BCUT2D eigenvalue weighted by Crippen LogP contribution is -2.13. The molecular weight excluding hydrogens is 296 g/mol. The summed E-state index contributed by atoms with van der Waals surface area (Å²) in [6, 6.07) is 11.3. The molecule has 0 spiro atoms. The van der Waals surface area contributed by atoms with Crippen molar-refractivity contribution in [2.24, 2.45) is 0 Å². The summed E-state index contributed by atoms with van der Waals surface area (Å²) in [4.78, 5) is 22.7. The second kappa shape index (κ2) is 6.91. The van der Waals surface area contributed by atoms with Gasteiger partial charge < -0.3 is 10.1 Å². The summed E-state index contributed by atoms with van der Waals surface area (Å²) in [7, 11) is 0. The van der Waals surface area contributed by atoms with Gasteiger partial charge >= 0.3 is 0 Å². The first-order valence-corrected chi connectivity index (χ1v) is 7.20. The predicted octanol–water partition coefficient (Wildman–Crippen LogP) is 3.94. The third kappa shape index (κ3) is 4.06. The average molecular weight is 314 g/mol. The summed E-state index contributed by atoms with van der Waals surface area (Å²) in [6.45, 7) is 5.45. The van der Waals surface area contributed by atoms with Gasteiger partial charge in [-0.1, -0.05) is 6.07 Å². The van der Waals surface area contributed by atoms with E-state index in [0.29, 0.717) is 22.6 Å². The number of anilines is 1. The third-order valence-electron chi connectivity index (χ3n) is 3.24. The zero-order chi connectivity index (χ0) is 17.0. The van der Waals surface area contributed by atoms with Crippen molar-refractivity contribution in [3.05, 3.63) is 63.7 Å². The van der Waals surface area contributed by atoms with Gasteiger partial charge in [-0.25, -0.2) is 0 Å². The third-order valence-corrected chi connectivity index (χ3v) is 3.24. The van der Waals surface area contributed by atoms with Gasteiger partial charge in [0.25, 0.3) is 11.6 Å². The monoisotopic (exact) mass is 314 g/mol. The highest BCUT2D eigenvalue weighted by atomic mass is 16.6. The Morgan fingerprint density at radius 1 is 1.17 bits per heavy atom. The molecule has 0 fully saturated rings. The van der Waals surface area contributed by atoms with Crippen molar-refractivity contribution < 1.29 is 14.5 Å². The largest absolute Gasteiger partial charge is 0.491 e. The van der Waals surface area contributed by atoms with Crippen LogP contribution >= 0.6 is 0 Å². The second-order valence-electron chi connectivity index (χ2n) is 5.35. The number of ether oxygens (including phenoxy) is 1. The first-order valence-electron chi connectivity index (χ1n) is 7.20. The second-order valence-corrected chi connectivity index (χ2v) is 5.35. The molecule has 6 heteroatoms. The summed E-state index contributed by atoms with van der Waals surface area (Å²) in [6.07, 6.45) is 0.0576. The van der Waals surface area contributed by atoms with Gasteiger partial charge in [-0.3, -0.25) is 14.9 Å². The molecule has 1 N–H and O–H groups in total. The van der Waals surface area contributed by atoms with Crippen molar-refractivity contribution in [1.29, 1.82) is 0 Å². The Balaban J connectivity index is 2.16. The van der Waals surface area contributed by atoms with E-state index >= 15 is 0 Å². The van der Waals surface area contributed by atoms with Gasteiger partial charge in [-0.05, 0) is 51.1 Å². The van der Waals surface area contributed by atoms with Crippen molar-refractivity contribution in [3.8, 4) is 5.75 Å². The van der Waals surface area contributed by atoms with Crippen molar-refractivity contribution in [2.45, 2.75) is 26.9 Å². The summed E-state index contributed by atoms with van der Waals surface area (Å²) in [5, 5.41) is 13.6. The van der Waals surface area contributed by atoms with Gasteiger partial charge in [-0.2, -0.15) is 0 Å². The topological polar surface area (TPSA) is 81.5 Å². The average Bonchev–Trinajstić information content (AvgIpc) is 2.49. The van der Waals surface area contributed by atoms with Crippen molar-refractivity contribution in [1.82, 2.24) is 0 Å². The Bertz CT molecular complexity index is 724. The van der Waals surface area contributed by atoms with Gasteiger partial charge in [-0.15, -0.1) is 0 Å². The molecule has 0 saturated heterocycles. The van der Waals surface area contributed by atoms with E-state index in [9.17, 15) is 14.9 Å². The van der Waals surface area contributed by atoms with E-state index in [1.807, 2.05) is 13.8 Å². The quantitative estimate of drug-likeness (QED) is 0.669. The lowest BCUT2D eigenvalue weighted by Gasteiger charge is -2.11. The maximum absolute atomic E-state index is 12.3. The van der Waals surface area contributed by atoms with Crippen LogP contribution in [0.5, 0.6) is 5.75 Å². The number of carbonyl (C=O) groups is 1. The minimum atomic E-state index is -0.469. The smallest absolute Gasteiger partial charge is 0.274 e. The van der Waals surface area contributed by atoms with Gasteiger partial charge in [0.15, 0.2) is 0 Å². The maximum Gasteiger partial charge on any atom is 0.274 e. The highest BCUT2D eigenvalue weighted by Gasteiger charge is 2.15. The number of carbonyl (C=O) groups excluding carboxylic acids is 1. The van der Waals surface area contributed by atoms with E-state index in [1.54, 1.807) is 43.3 Å². The Morgan fingerprint density at radius 2 is 1.83 bits per heavy atom. The summed E-state index contributed by atoms with van der Waals surface area (Å²) >= 11 is 0. The highest BCUT2D eigenvalue weighted by Crippen LogP contribution is 2.25. The summed E-state index contributed by atoms with van der Waals surface area (Å²) < 4.78 is 5.52. The number of nitrogens with zero attached hydrogens (tertiary/aromatic N) is 1. The molecule has 0 radical (unpaired) electrons. The van der Waals surface area contributed by atoms with Crippen LogP contribution in [0.25, 0.3) is 0 Å². The molecule has 0 heterocycles. The molecule has 0 aliphatic carbocycles. The molecule has 1 amide bonds. The molecule has 0 saturated carbocycles. The van der Waals surface area contributed by atoms with Gasteiger partial charge in [0.2, 0.25) is 0 Å².